The van der Waals surface area contributed by atoms with Crippen molar-refractivity contribution in [1.82, 2.24) is 0 Å². The van der Waals surface area contributed by atoms with Crippen LogP contribution in [0.5, 0.6) is 0 Å². The van der Waals surface area contributed by atoms with E-state index in [0.717, 1.165) is 5.92 Å². The minimum absolute atomic E-state index is 0.699. The predicted octanol–water partition coefficient (Wildman–Crippen LogP) is 3.55. The summed E-state index contributed by atoms with van der Waals surface area (Å²) in [6.07, 6.45) is 13.3. The van der Waals surface area contributed by atoms with Gasteiger partial charge in [0.25, 0.3) is 0 Å². The van der Waals surface area contributed by atoms with Gasteiger partial charge in [0, 0.05) is 0 Å². The Hall–Kier alpha value is -0.520. The molecule has 0 fully saturated rings. The molecule has 0 bridgehead atoms. The maximum absolute atomic E-state index is 2.35. The van der Waals surface area contributed by atoms with Gasteiger partial charge < -0.3 is 0 Å². The first kappa shape index (κ1) is 8.58. The Kier molecular flexibility index (Phi) is 3.41. The van der Waals surface area contributed by atoms with Gasteiger partial charge in [0.15, 0.2) is 0 Å². The zero-order valence-corrected chi connectivity index (χ0v) is 7.59. The second-order valence-corrected chi connectivity index (χ2v) is 3.65. The van der Waals surface area contributed by atoms with Crippen LogP contribution in [0.4, 0.5) is 0 Å². The lowest BCUT2D eigenvalue weighted by atomic mass is 9.95. The summed E-state index contributed by atoms with van der Waals surface area (Å²) < 4.78 is 0. The summed E-state index contributed by atoms with van der Waals surface area (Å²) in [7, 11) is 0. The Labute approximate surface area is 70.0 Å². The topological polar surface area (TPSA) is 0 Å². The molecule has 1 atom stereocenters. The summed E-state index contributed by atoms with van der Waals surface area (Å²) in [6, 6.07) is 0. The third-order valence-corrected chi connectivity index (χ3v) is 2.03. The van der Waals surface area contributed by atoms with E-state index in [0.29, 0.717) is 5.92 Å². The van der Waals surface area contributed by atoms with Gasteiger partial charge in [-0.15, -0.1) is 0 Å². The van der Waals surface area contributed by atoms with Crippen LogP contribution in [0, 0.1) is 11.8 Å². The third kappa shape index (κ3) is 3.41. The van der Waals surface area contributed by atoms with Crippen molar-refractivity contribution in [3.63, 3.8) is 0 Å². The van der Waals surface area contributed by atoms with Crippen LogP contribution in [0.3, 0.4) is 0 Å². The fraction of sp³-hybridized carbons (Fsp3) is 0.636. The quantitative estimate of drug-likeness (QED) is 0.528. The van der Waals surface area contributed by atoms with E-state index in [-0.39, 0.29) is 0 Å². The van der Waals surface area contributed by atoms with Crippen molar-refractivity contribution < 1.29 is 0 Å². The molecule has 1 unspecified atom stereocenters. The van der Waals surface area contributed by atoms with Crippen molar-refractivity contribution in [1.29, 1.82) is 0 Å². The van der Waals surface area contributed by atoms with E-state index in [2.05, 4.69) is 38.2 Å². The molecule has 0 N–H and O–H groups in total. The van der Waals surface area contributed by atoms with E-state index in [1.165, 1.54) is 19.3 Å². The summed E-state index contributed by atoms with van der Waals surface area (Å²) in [5.74, 6) is 1.43. The van der Waals surface area contributed by atoms with Crippen LogP contribution in [-0.2, 0) is 0 Å². The van der Waals surface area contributed by atoms with E-state index in [1.807, 2.05) is 0 Å². The molecule has 0 aromatic carbocycles. The maximum Gasteiger partial charge on any atom is -0.00533 e. The lowest BCUT2D eigenvalue weighted by Crippen LogP contribution is -1.96. The van der Waals surface area contributed by atoms with E-state index < -0.39 is 0 Å². The standard InChI is InChI=1S/C11H18/c1-10(2)8-9-11-6-4-3-5-7-11/h4,6,8-11H,3,5,7H2,1-2H3/b9-8+. The second-order valence-electron chi connectivity index (χ2n) is 3.65. The average Bonchev–Trinajstić information content (AvgIpc) is 2.03. The number of allylic oxidation sites excluding steroid dienone is 4. The summed E-state index contributed by atoms with van der Waals surface area (Å²) in [4.78, 5) is 0. The molecule has 0 nitrogen and oxygen atoms in total. The molecule has 0 spiro atoms. The van der Waals surface area contributed by atoms with Gasteiger partial charge in [-0.25, -0.2) is 0 Å². The van der Waals surface area contributed by atoms with E-state index in [4.69, 9.17) is 0 Å². The lowest BCUT2D eigenvalue weighted by molar-refractivity contribution is 0.626. The summed E-state index contributed by atoms with van der Waals surface area (Å²) in [5, 5.41) is 0. The molecule has 1 aliphatic carbocycles. The Morgan fingerprint density at radius 2 is 2.27 bits per heavy atom. The molecule has 0 saturated heterocycles. The van der Waals surface area contributed by atoms with Gasteiger partial charge in [-0.05, 0) is 31.1 Å². The van der Waals surface area contributed by atoms with Crippen molar-refractivity contribution >= 4 is 0 Å². The SMILES string of the molecule is CC(C)/C=C/C1C=CCCC1. The van der Waals surface area contributed by atoms with Crippen LogP contribution in [0.2, 0.25) is 0 Å². The smallest absolute Gasteiger partial charge is 0.00533 e. The monoisotopic (exact) mass is 150 g/mol. The predicted molar refractivity (Wildman–Crippen MR) is 50.5 cm³/mol. The normalized spacial score (nSPS) is 25.2. The Balaban J connectivity index is 2.35. The zero-order valence-electron chi connectivity index (χ0n) is 7.59. The molecule has 0 aromatic heterocycles. The van der Waals surface area contributed by atoms with Crippen LogP contribution < -0.4 is 0 Å². The Morgan fingerprint density at radius 1 is 1.45 bits per heavy atom. The van der Waals surface area contributed by atoms with Crippen LogP contribution in [0.1, 0.15) is 33.1 Å². The van der Waals surface area contributed by atoms with Crippen molar-refractivity contribution in [2.75, 3.05) is 0 Å². The van der Waals surface area contributed by atoms with Gasteiger partial charge in [-0.1, -0.05) is 38.2 Å². The number of hydrogen-bond donors (Lipinski definition) is 0. The van der Waals surface area contributed by atoms with Gasteiger partial charge in [-0.2, -0.15) is 0 Å². The van der Waals surface area contributed by atoms with Gasteiger partial charge in [-0.3, -0.25) is 0 Å². The van der Waals surface area contributed by atoms with Gasteiger partial charge in [0.2, 0.25) is 0 Å². The number of rotatable bonds is 2. The third-order valence-electron chi connectivity index (χ3n) is 2.03. The highest BCUT2D eigenvalue weighted by molar-refractivity contribution is 5.03. The van der Waals surface area contributed by atoms with Gasteiger partial charge in [0.1, 0.15) is 0 Å². The molecule has 0 radical (unpaired) electrons. The van der Waals surface area contributed by atoms with Crippen molar-refractivity contribution in [3.05, 3.63) is 24.3 Å². The first-order chi connectivity index (χ1) is 5.29. The summed E-state index contributed by atoms with van der Waals surface area (Å²) in [6.45, 7) is 4.45. The van der Waals surface area contributed by atoms with Crippen LogP contribution >= 0.6 is 0 Å². The molecule has 0 amide bonds. The van der Waals surface area contributed by atoms with Crippen LogP contribution in [0.25, 0.3) is 0 Å². The minimum Gasteiger partial charge on any atom is -0.0879 e. The minimum atomic E-state index is 0.699. The highest BCUT2D eigenvalue weighted by Gasteiger charge is 2.03. The van der Waals surface area contributed by atoms with Gasteiger partial charge in [0.05, 0.1) is 0 Å². The number of hydrogen-bond acceptors (Lipinski definition) is 0. The first-order valence-electron chi connectivity index (χ1n) is 4.64. The molecule has 11 heavy (non-hydrogen) atoms. The summed E-state index contributed by atoms with van der Waals surface area (Å²) >= 11 is 0. The van der Waals surface area contributed by atoms with Crippen molar-refractivity contribution in [3.8, 4) is 0 Å². The molecule has 0 saturated carbocycles. The highest BCUT2D eigenvalue weighted by atomic mass is 14.1. The maximum atomic E-state index is 2.35. The molecule has 0 heteroatoms. The van der Waals surface area contributed by atoms with Gasteiger partial charge >= 0.3 is 0 Å². The Bertz CT molecular complexity index is 151. The zero-order chi connectivity index (χ0) is 8.10. The highest BCUT2D eigenvalue weighted by Crippen LogP contribution is 2.18. The average molecular weight is 150 g/mol. The second kappa shape index (κ2) is 4.38. The van der Waals surface area contributed by atoms with Crippen molar-refractivity contribution in [2.24, 2.45) is 11.8 Å². The molecular formula is C11H18. The molecule has 1 rings (SSSR count). The largest absolute Gasteiger partial charge is 0.0879 e. The first-order valence-corrected chi connectivity index (χ1v) is 4.64. The van der Waals surface area contributed by atoms with Crippen molar-refractivity contribution in [2.45, 2.75) is 33.1 Å². The van der Waals surface area contributed by atoms with Crippen LogP contribution in [0.15, 0.2) is 24.3 Å². The Morgan fingerprint density at radius 3 is 2.82 bits per heavy atom. The molecule has 0 aromatic rings. The fourth-order valence-corrected chi connectivity index (χ4v) is 1.36. The summed E-state index contributed by atoms with van der Waals surface area (Å²) in [5.41, 5.74) is 0. The van der Waals surface area contributed by atoms with E-state index in [9.17, 15) is 0 Å². The fourth-order valence-electron chi connectivity index (χ4n) is 1.36. The van der Waals surface area contributed by atoms with E-state index >= 15 is 0 Å². The molecular weight excluding hydrogens is 132 g/mol. The molecule has 0 aliphatic heterocycles. The van der Waals surface area contributed by atoms with E-state index in [1.54, 1.807) is 0 Å². The lowest BCUT2D eigenvalue weighted by Gasteiger charge is -2.11. The molecule has 1 aliphatic rings. The molecule has 0 heterocycles. The molecule has 62 valence electrons. The van der Waals surface area contributed by atoms with Crippen LogP contribution in [-0.4, -0.2) is 0 Å².